The van der Waals surface area contributed by atoms with E-state index >= 15 is 0 Å². The Bertz CT molecular complexity index is 442. The van der Waals surface area contributed by atoms with Crippen LogP contribution in [0.25, 0.3) is 11.1 Å². The first kappa shape index (κ1) is 9.58. The lowest BCUT2D eigenvalue weighted by Crippen LogP contribution is -1.87. The summed E-state index contributed by atoms with van der Waals surface area (Å²) in [6, 6.07) is 8.97. The third kappa shape index (κ3) is 1.77. The first-order valence-electron chi connectivity index (χ1n) is 4.13. The van der Waals surface area contributed by atoms with E-state index in [1.807, 2.05) is 28.7 Å². The van der Waals surface area contributed by atoms with Crippen molar-refractivity contribution in [3.05, 3.63) is 52.1 Å². The second-order valence-corrected chi connectivity index (χ2v) is 4.00. The predicted molar refractivity (Wildman–Crippen MR) is 62.3 cm³/mol. The Balaban J connectivity index is 2.58. The maximum Gasteiger partial charge on any atom is 0.144 e. The fourth-order valence-electron chi connectivity index (χ4n) is 1.26. The van der Waals surface area contributed by atoms with Gasteiger partial charge in [-0.05, 0) is 46.4 Å². The second-order valence-electron chi connectivity index (χ2n) is 2.84. The molecule has 1 heterocycles. The molecule has 1 nitrogen and oxygen atoms in total. The Hall–Kier alpha value is -0.970. The smallest absolute Gasteiger partial charge is 0.144 e. The summed E-state index contributed by atoms with van der Waals surface area (Å²) in [6.45, 7) is 0. The summed E-state index contributed by atoms with van der Waals surface area (Å²) in [5.74, 6) is -0.167. The molecule has 0 amide bonds. The van der Waals surface area contributed by atoms with Gasteiger partial charge in [-0.15, -0.1) is 0 Å². The molecule has 0 aliphatic heterocycles. The zero-order valence-corrected chi connectivity index (χ0v) is 9.40. The molecule has 0 aliphatic carbocycles. The SMILES string of the molecule is Fc1c(I)cccc1-c1ccncc1. The Morgan fingerprint density at radius 3 is 2.50 bits per heavy atom. The maximum absolute atomic E-state index is 13.7. The zero-order chi connectivity index (χ0) is 9.97. The molecule has 0 bridgehead atoms. The first-order valence-corrected chi connectivity index (χ1v) is 5.21. The summed E-state index contributed by atoms with van der Waals surface area (Å²) in [6.07, 6.45) is 3.32. The van der Waals surface area contributed by atoms with Gasteiger partial charge in [-0.1, -0.05) is 12.1 Å². The summed E-state index contributed by atoms with van der Waals surface area (Å²) < 4.78 is 14.3. The second kappa shape index (κ2) is 4.04. The molecule has 0 saturated carbocycles. The number of hydrogen-bond acceptors (Lipinski definition) is 1. The van der Waals surface area contributed by atoms with E-state index in [1.54, 1.807) is 36.7 Å². The van der Waals surface area contributed by atoms with Gasteiger partial charge in [0.25, 0.3) is 0 Å². The van der Waals surface area contributed by atoms with Crippen LogP contribution in [0.15, 0.2) is 42.7 Å². The fourth-order valence-corrected chi connectivity index (χ4v) is 1.76. The molecule has 0 fully saturated rings. The van der Waals surface area contributed by atoms with Gasteiger partial charge >= 0.3 is 0 Å². The quantitative estimate of drug-likeness (QED) is 0.735. The molecule has 0 N–H and O–H groups in total. The van der Waals surface area contributed by atoms with Crippen LogP contribution in [-0.4, -0.2) is 4.98 Å². The molecule has 0 aliphatic rings. The zero-order valence-electron chi connectivity index (χ0n) is 7.24. The van der Waals surface area contributed by atoms with Crippen molar-refractivity contribution in [3.8, 4) is 11.1 Å². The van der Waals surface area contributed by atoms with Gasteiger partial charge in [-0.3, -0.25) is 4.98 Å². The fraction of sp³-hybridized carbons (Fsp3) is 0. The third-order valence-electron chi connectivity index (χ3n) is 1.94. The largest absolute Gasteiger partial charge is 0.265 e. The topological polar surface area (TPSA) is 12.9 Å². The number of rotatable bonds is 1. The minimum Gasteiger partial charge on any atom is -0.265 e. The van der Waals surface area contributed by atoms with Crippen molar-refractivity contribution in [1.29, 1.82) is 0 Å². The molecule has 0 atom stereocenters. The highest BCUT2D eigenvalue weighted by Gasteiger charge is 2.06. The van der Waals surface area contributed by atoms with E-state index in [4.69, 9.17) is 0 Å². The van der Waals surface area contributed by atoms with Gasteiger partial charge in [0.15, 0.2) is 0 Å². The highest BCUT2D eigenvalue weighted by molar-refractivity contribution is 14.1. The monoisotopic (exact) mass is 299 g/mol. The predicted octanol–water partition coefficient (Wildman–Crippen LogP) is 3.49. The van der Waals surface area contributed by atoms with Crippen molar-refractivity contribution in [1.82, 2.24) is 4.98 Å². The lowest BCUT2D eigenvalue weighted by molar-refractivity contribution is 0.624. The Morgan fingerprint density at radius 2 is 1.79 bits per heavy atom. The van der Waals surface area contributed by atoms with Gasteiger partial charge in [-0.25, -0.2) is 4.39 Å². The third-order valence-corrected chi connectivity index (χ3v) is 2.78. The summed E-state index contributed by atoms with van der Waals surface area (Å²) in [5, 5.41) is 0. The molecule has 2 rings (SSSR count). The van der Waals surface area contributed by atoms with E-state index in [-0.39, 0.29) is 5.82 Å². The van der Waals surface area contributed by atoms with Gasteiger partial charge in [0.05, 0.1) is 0 Å². The van der Waals surface area contributed by atoms with Crippen LogP contribution in [-0.2, 0) is 0 Å². The van der Waals surface area contributed by atoms with Crippen LogP contribution in [0.3, 0.4) is 0 Å². The lowest BCUT2D eigenvalue weighted by atomic mass is 10.1. The van der Waals surface area contributed by atoms with Crippen LogP contribution in [0.1, 0.15) is 0 Å². The van der Waals surface area contributed by atoms with Crippen molar-refractivity contribution in [3.63, 3.8) is 0 Å². The van der Waals surface area contributed by atoms with E-state index in [0.29, 0.717) is 9.13 Å². The number of nitrogens with zero attached hydrogens (tertiary/aromatic N) is 1. The van der Waals surface area contributed by atoms with E-state index in [1.165, 1.54) is 0 Å². The van der Waals surface area contributed by atoms with E-state index in [2.05, 4.69) is 4.98 Å². The molecule has 1 aromatic carbocycles. The standard InChI is InChI=1S/C11H7FIN/c12-11-9(2-1-3-10(11)13)8-4-6-14-7-5-8/h1-7H. The number of hydrogen-bond donors (Lipinski definition) is 0. The number of aromatic nitrogens is 1. The van der Waals surface area contributed by atoms with E-state index in [9.17, 15) is 4.39 Å². The maximum atomic E-state index is 13.7. The van der Waals surface area contributed by atoms with Crippen LogP contribution in [0.2, 0.25) is 0 Å². The van der Waals surface area contributed by atoms with Crippen molar-refractivity contribution in [2.24, 2.45) is 0 Å². The van der Waals surface area contributed by atoms with Crippen molar-refractivity contribution < 1.29 is 4.39 Å². The number of pyridine rings is 1. The molecule has 3 heteroatoms. The van der Waals surface area contributed by atoms with Crippen LogP contribution in [0.4, 0.5) is 4.39 Å². The van der Waals surface area contributed by atoms with Crippen molar-refractivity contribution in [2.45, 2.75) is 0 Å². The van der Waals surface area contributed by atoms with Crippen LogP contribution < -0.4 is 0 Å². The average molecular weight is 299 g/mol. The van der Waals surface area contributed by atoms with Gasteiger partial charge in [0.2, 0.25) is 0 Å². The molecule has 70 valence electrons. The first-order chi connectivity index (χ1) is 6.79. The molecule has 0 saturated heterocycles. The van der Waals surface area contributed by atoms with Gasteiger partial charge in [0.1, 0.15) is 5.82 Å². The highest BCUT2D eigenvalue weighted by atomic mass is 127. The molecular formula is C11H7FIN. The van der Waals surface area contributed by atoms with Gasteiger partial charge < -0.3 is 0 Å². The number of benzene rings is 1. The Kier molecular flexibility index (Phi) is 2.77. The summed E-state index contributed by atoms with van der Waals surface area (Å²) in [5.41, 5.74) is 1.48. The minimum absolute atomic E-state index is 0.167. The van der Waals surface area contributed by atoms with E-state index < -0.39 is 0 Å². The van der Waals surface area contributed by atoms with Crippen molar-refractivity contribution >= 4 is 22.6 Å². The van der Waals surface area contributed by atoms with Gasteiger partial charge in [-0.2, -0.15) is 0 Å². The summed E-state index contributed by atoms with van der Waals surface area (Å²) in [7, 11) is 0. The average Bonchev–Trinajstić information content (AvgIpc) is 2.23. The van der Waals surface area contributed by atoms with Crippen LogP contribution in [0, 0.1) is 9.39 Å². The molecule has 1 aromatic heterocycles. The highest BCUT2D eigenvalue weighted by Crippen LogP contribution is 2.24. The van der Waals surface area contributed by atoms with Crippen LogP contribution >= 0.6 is 22.6 Å². The molecule has 0 spiro atoms. The Morgan fingerprint density at radius 1 is 1.07 bits per heavy atom. The molecule has 0 radical (unpaired) electrons. The molecule has 14 heavy (non-hydrogen) atoms. The van der Waals surface area contributed by atoms with E-state index in [0.717, 1.165) is 5.56 Å². The van der Waals surface area contributed by atoms with Gasteiger partial charge in [0, 0.05) is 21.5 Å². The Labute approximate surface area is 95.1 Å². The number of halogens is 2. The van der Waals surface area contributed by atoms with Crippen LogP contribution in [0.5, 0.6) is 0 Å². The minimum atomic E-state index is -0.167. The molecular weight excluding hydrogens is 292 g/mol. The lowest BCUT2D eigenvalue weighted by Gasteiger charge is -2.03. The summed E-state index contributed by atoms with van der Waals surface area (Å²) in [4.78, 5) is 3.90. The molecule has 0 unspecified atom stereocenters. The summed E-state index contributed by atoms with van der Waals surface area (Å²) >= 11 is 1.99. The molecule has 2 aromatic rings. The van der Waals surface area contributed by atoms with Crippen molar-refractivity contribution in [2.75, 3.05) is 0 Å². The normalized spacial score (nSPS) is 10.1.